The predicted octanol–water partition coefficient (Wildman–Crippen LogP) is 2.48. The van der Waals surface area contributed by atoms with E-state index in [4.69, 9.17) is 5.73 Å². The van der Waals surface area contributed by atoms with Gasteiger partial charge in [0.15, 0.2) is 0 Å². The van der Waals surface area contributed by atoms with Crippen LogP contribution in [0.2, 0.25) is 0 Å². The number of primary amides is 1. The van der Waals surface area contributed by atoms with Gasteiger partial charge in [-0.15, -0.1) is 0 Å². The Morgan fingerprint density at radius 3 is 2.41 bits per heavy atom. The van der Waals surface area contributed by atoms with Crippen LogP contribution in [0.5, 0.6) is 0 Å². The van der Waals surface area contributed by atoms with Crippen molar-refractivity contribution in [2.24, 2.45) is 23.0 Å². The minimum absolute atomic E-state index is 0.348. The van der Waals surface area contributed by atoms with Crippen molar-refractivity contribution in [3.63, 3.8) is 0 Å². The van der Waals surface area contributed by atoms with E-state index in [9.17, 15) is 15.0 Å². The van der Waals surface area contributed by atoms with Gasteiger partial charge < -0.3 is 15.9 Å². The number of amides is 1. The molecular formula is C26H35N3O3. The number of β-amino-alcohol motifs (C(OH)–C–C–N with tert-alkyl or cyclic N) is 1. The number of hydrogen-bond acceptors (Lipinski definition) is 5. The SMILES string of the molecule is CC(C)(Cc1ccc(C(O)CN2CC3CC(O)(Cc4ccccc4)CC3C2)cn1)C(N)=O. The molecule has 1 aromatic carbocycles. The maximum Gasteiger partial charge on any atom is 0.223 e. The smallest absolute Gasteiger partial charge is 0.223 e. The minimum Gasteiger partial charge on any atom is -0.390 e. The van der Waals surface area contributed by atoms with Crippen molar-refractivity contribution in [1.82, 2.24) is 9.88 Å². The van der Waals surface area contributed by atoms with Gasteiger partial charge >= 0.3 is 0 Å². The third kappa shape index (κ3) is 5.20. The molecule has 6 heteroatoms. The van der Waals surface area contributed by atoms with Crippen LogP contribution in [0.4, 0.5) is 0 Å². The van der Waals surface area contributed by atoms with Crippen LogP contribution in [-0.4, -0.2) is 51.2 Å². The molecule has 32 heavy (non-hydrogen) atoms. The second kappa shape index (κ2) is 8.93. The van der Waals surface area contributed by atoms with Gasteiger partial charge in [-0.05, 0) is 36.3 Å². The molecule has 0 spiro atoms. The lowest BCUT2D eigenvalue weighted by atomic mass is 9.87. The maximum absolute atomic E-state index is 11.5. The fourth-order valence-corrected chi connectivity index (χ4v) is 5.45. The summed E-state index contributed by atoms with van der Waals surface area (Å²) in [6.07, 6.45) is 3.93. The van der Waals surface area contributed by atoms with E-state index in [1.165, 1.54) is 5.56 Å². The Morgan fingerprint density at radius 2 is 1.84 bits per heavy atom. The van der Waals surface area contributed by atoms with Gasteiger partial charge in [-0.2, -0.15) is 0 Å². The van der Waals surface area contributed by atoms with Crippen LogP contribution in [0, 0.1) is 17.3 Å². The monoisotopic (exact) mass is 437 g/mol. The number of carbonyl (C=O) groups is 1. The topological polar surface area (TPSA) is 99.7 Å². The molecule has 0 bridgehead atoms. The number of aromatic nitrogens is 1. The van der Waals surface area contributed by atoms with E-state index in [0.717, 1.165) is 37.2 Å². The van der Waals surface area contributed by atoms with E-state index in [1.807, 2.05) is 44.2 Å². The van der Waals surface area contributed by atoms with Crippen LogP contribution >= 0.6 is 0 Å². The predicted molar refractivity (Wildman–Crippen MR) is 124 cm³/mol. The molecule has 0 radical (unpaired) electrons. The molecule has 3 atom stereocenters. The summed E-state index contributed by atoms with van der Waals surface area (Å²) >= 11 is 0. The lowest BCUT2D eigenvalue weighted by Crippen LogP contribution is -2.34. The third-order valence-electron chi connectivity index (χ3n) is 7.27. The largest absolute Gasteiger partial charge is 0.390 e. The molecule has 4 rings (SSSR count). The van der Waals surface area contributed by atoms with Gasteiger partial charge in [0.2, 0.25) is 5.91 Å². The average molecular weight is 438 g/mol. The Kier molecular flexibility index (Phi) is 6.39. The van der Waals surface area contributed by atoms with Crippen molar-refractivity contribution in [3.05, 3.63) is 65.5 Å². The Morgan fingerprint density at radius 1 is 1.19 bits per heavy atom. The summed E-state index contributed by atoms with van der Waals surface area (Å²) in [4.78, 5) is 18.3. The van der Waals surface area contributed by atoms with Crippen molar-refractivity contribution in [2.45, 2.75) is 51.2 Å². The molecule has 1 aliphatic heterocycles. The lowest BCUT2D eigenvalue weighted by Gasteiger charge is -2.27. The highest BCUT2D eigenvalue weighted by molar-refractivity contribution is 5.80. The summed E-state index contributed by atoms with van der Waals surface area (Å²) in [5.41, 5.74) is 6.96. The van der Waals surface area contributed by atoms with Crippen molar-refractivity contribution in [3.8, 4) is 0 Å². The first-order chi connectivity index (χ1) is 15.1. The molecule has 1 aromatic heterocycles. The van der Waals surface area contributed by atoms with E-state index < -0.39 is 17.1 Å². The molecule has 2 aliphatic rings. The molecule has 2 heterocycles. The normalized spacial score (nSPS) is 26.8. The Bertz CT molecular complexity index is 915. The number of rotatable bonds is 8. The maximum atomic E-state index is 11.5. The zero-order valence-electron chi connectivity index (χ0n) is 19.1. The molecule has 172 valence electrons. The quantitative estimate of drug-likeness (QED) is 0.589. The molecule has 1 saturated heterocycles. The number of likely N-dealkylation sites (tertiary alicyclic amines) is 1. The highest BCUT2D eigenvalue weighted by atomic mass is 16.3. The van der Waals surface area contributed by atoms with E-state index in [2.05, 4.69) is 22.0 Å². The van der Waals surface area contributed by atoms with Gasteiger partial charge in [0.05, 0.1) is 11.7 Å². The Hall–Kier alpha value is -2.28. The van der Waals surface area contributed by atoms with Gasteiger partial charge in [-0.1, -0.05) is 50.2 Å². The average Bonchev–Trinajstić information content (AvgIpc) is 3.22. The second-order valence-electron chi connectivity index (χ2n) is 10.6. The van der Waals surface area contributed by atoms with E-state index in [1.54, 1.807) is 6.20 Å². The summed E-state index contributed by atoms with van der Waals surface area (Å²) in [7, 11) is 0. The van der Waals surface area contributed by atoms with Gasteiger partial charge in [-0.25, -0.2) is 0 Å². The molecule has 4 N–H and O–H groups in total. The molecular weight excluding hydrogens is 402 g/mol. The van der Waals surface area contributed by atoms with Crippen LogP contribution in [-0.2, 0) is 17.6 Å². The van der Waals surface area contributed by atoms with E-state index >= 15 is 0 Å². The fraction of sp³-hybridized carbons (Fsp3) is 0.538. The van der Waals surface area contributed by atoms with E-state index in [0.29, 0.717) is 31.2 Å². The van der Waals surface area contributed by atoms with Crippen molar-refractivity contribution in [1.29, 1.82) is 0 Å². The highest BCUT2D eigenvalue weighted by Gasteiger charge is 2.48. The number of nitrogens with zero attached hydrogens (tertiary/aromatic N) is 2. The van der Waals surface area contributed by atoms with Crippen molar-refractivity contribution >= 4 is 5.91 Å². The van der Waals surface area contributed by atoms with Crippen LogP contribution in [0.25, 0.3) is 0 Å². The number of aliphatic hydroxyl groups is 2. The van der Waals surface area contributed by atoms with Gasteiger partial charge in [0.1, 0.15) is 0 Å². The second-order valence-corrected chi connectivity index (χ2v) is 10.6. The first-order valence-corrected chi connectivity index (χ1v) is 11.5. The number of hydrogen-bond donors (Lipinski definition) is 3. The standard InChI is InChI=1S/C26H35N3O3/c1-25(2,24(27)31)13-22-9-8-19(14-28-22)23(30)17-29-15-20-11-26(32,12-21(20)16-29)10-18-6-4-3-5-7-18/h3-9,14,20-21,23,30,32H,10-13,15-17H2,1-2H3,(H2,27,31). The third-order valence-corrected chi connectivity index (χ3v) is 7.27. The first kappa shape index (κ1) is 22.9. The van der Waals surface area contributed by atoms with Crippen molar-refractivity contribution < 1.29 is 15.0 Å². The molecule has 1 aliphatic carbocycles. The van der Waals surface area contributed by atoms with Crippen LogP contribution < -0.4 is 5.73 Å². The Balaban J connectivity index is 1.29. The van der Waals surface area contributed by atoms with E-state index in [-0.39, 0.29) is 5.91 Å². The van der Waals surface area contributed by atoms with Crippen molar-refractivity contribution in [2.75, 3.05) is 19.6 Å². The van der Waals surface area contributed by atoms with Gasteiger partial charge in [0.25, 0.3) is 0 Å². The highest BCUT2D eigenvalue weighted by Crippen LogP contribution is 2.45. The fourth-order valence-electron chi connectivity index (χ4n) is 5.45. The molecule has 1 saturated carbocycles. The zero-order valence-corrected chi connectivity index (χ0v) is 19.1. The number of aliphatic hydroxyl groups excluding tert-OH is 1. The summed E-state index contributed by atoms with van der Waals surface area (Å²) in [5.74, 6) is 0.610. The molecule has 3 unspecified atom stereocenters. The summed E-state index contributed by atoms with van der Waals surface area (Å²) < 4.78 is 0. The van der Waals surface area contributed by atoms with Gasteiger partial charge in [-0.3, -0.25) is 14.7 Å². The zero-order chi connectivity index (χ0) is 22.9. The van der Waals surface area contributed by atoms with Gasteiger partial charge in [0, 0.05) is 55.3 Å². The minimum atomic E-state index is -0.650. The Labute approximate surface area is 190 Å². The van der Waals surface area contributed by atoms with Crippen LogP contribution in [0.1, 0.15) is 49.6 Å². The van der Waals surface area contributed by atoms with Crippen LogP contribution in [0.15, 0.2) is 48.7 Å². The number of benzene rings is 1. The summed E-state index contributed by atoms with van der Waals surface area (Å²) in [6.45, 7) is 6.02. The number of fused-ring (bicyclic) bond motifs is 1. The number of carbonyl (C=O) groups excluding carboxylic acids is 1. The van der Waals surface area contributed by atoms with Crippen LogP contribution in [0.3, 0.4) is 0 Å². The number of pyridine rings is 1. The molecule has 2 aromatic rings. The molecule has 6 nitrogen and oxygen atoms in total. The summed E-state index contributed by atoms with van der Waals surface area (Å²) in [6, 6.07) is 14.0. The molecule has 2 fully saturated rings. The molecule has 1 amide bonds. The first-order valence-electron chi connectivity index (χ1n) is 11.5. The number of nitrogens with two attached hydrogens (primary N) is 1. The summed E-state index contributed by atoms with van der Waals surface area (Å²) in [5, 5.41) is 21.9. The lowest BCUT2D eigenvalue weighted by molar-refractivity contribution is -0.125.